The third kappa shape index (κ3) is 6.56. The number of anilines is 2. The van der Waals surface area contributed by atoms with E-state index in [-0.39, 0.29) is 36.4 Å². The first-order valence-electron chi connectivity index (χ1n) is 13.9. The Morgan fingerprint density at radius 2 is 1.88 bits per heavy atom. The highest BCUT2D eigenvalue weighted by Gasteiger charge is 2.44. The molecule has 3 aliphatic rings. The Balaban J connectivity index is 1.46. The van der Waals surface area contributed by atoms with Gasteiger partial charge in [-0.15, -0.1) is 0 Å². The van der Waals surface area contributed by atoms with Crippen molar-refractivity contribution in [1.82, 2.24) is 0 Å². The van der Waals surface area contributed by atoms with Gasteiger partial charge in [-0.1, -0.05) is 30.7 Å². The highest BCUT2D eigenvalue weighted by Crippen LogP contribution is 2.43. The van der Waals surface area contributed by atoms with E-state index in [1.54, 1.807) is 24.3 Å². The van der Waals surface area contributed by atoms with E-state index in [9.17, 15) is 27.9 Å². The fourth-order valence-corrected chi connectivity index (χ4v) is 5.98. The maximum absolute atomic E-state index is 14.3. The van der Waals surface area contributed by atoms with Crippen molar-refractivity contribution in [3.05, 3.63) is 64.7 Å². The van der Waals surface area contributed by atoms with Crippen LogP contribution in [0.25, 0.3) is 0 Å². The van der Waals surface area contributed by atoms with E-state index in [0.29, 0.717) is 40.6 Å². The Hall–Kier alpha value is -3.86. The molecular formula is C31H32ClF3N2O6. The molecule has 5 unspecified atom stereocenters. The number of carboxylic acid groups (broad SMARTS) is 1. The summed E-state index contributed by atoms with van der Waals surface area (Å²) in [6.45, 7) is 2.34. The average Bonchev–Trinajstić information content (AvgIpc) is 3.64. The van der Waals surface area contributed by atoms with Crippen LogP contribution < -0.4 is 24.4 Å². The predicted octanol–water partition coefficient (Wildman–Crippen LogP) is 6.14. The quantitative estimate of drug-likeness (QED) is 0.330. The van der Waals surface area contributed by atoms with Crippen LogP contribution in [0.4, 0.5) is 24.5 Å². The largest absolute Gasteiger partial charge is 0.497 e. The minimum absolute atomic E-state index is 0.0883. The standard InChI is InChI=1S/C31H32ClF3N2O6/c1-16-8-19(32)4-5-23(16)28(29(38)37-7-6-17-10-27(42-3)25(14-26(17)37)31(33,34)35)36-20-11-21(41-2)13-22(12-20)43-15-18-9-24(18)30(39)40/h4-5,8,10-14,16,18,23-24,28,36H,6-7,9,15H2,1-3H3,(H,39,40). The highest BCUT2D eigenvalue weighted by atomic mass is 35.5. The number of hydrogen-bond acceptors (Lipinski definition) is 6. The number of carbonyl (C=O) groups is 2. The molecule has 5 rings (SSSR count). The van der Waals surface area contributed by atoms with Gasteiger partial charge in [-0.25, -0.2) is 0 Å². The van der Waals surface area contributed by atoms with Gasteiger partial charge in [-0.05, 0) is 42.5 Å². The zero-order valence-corrected chi connectivity index (χ0v) is 24.5. The van der Waals surface area contributed by atoms with Crippen molar-refractivity contribution < 1.29 is 42.1 Å². The third-order valence-electron chi connectivity index (χ3n) is 8.17. The molecule has 2 N–H and O–H groups in total. The number of allylic oxidation sites excluding steroid dienone is 3. The van der Waals surface area contributed by atoms with Gasteiger partial charge in [0.15, 0.2) is 0 Å². The van der Waals surface area contributed by atoms with E-state index in [4.69, 9.17) is 25.8 Å². The van der Waals surface area contributed by atoms with Crippen molar-refractivity contribution in [1.29, 1.82) is 0 Å². The number of nitrogens with zero attached hydrogens (tertiary/aromatic N) is 1. The number of amides is 1. The van der Waals surface area contributed by atoms with E-state index in [1.807, 2.05) is 19.1 Å². The summed E-state index contributed by atoms with van der Waals surface area (Å²) in [5.41, 5.74) is 0.320. The van der Waals surface area contributed by atoms with Crippen LogP contribution in [0.1, 0.15) is 24.5 Å². The van der Waals surface area contributed by atoms with Gasteiger partial charge in [0.1, 0.15) is 23.3 Å². The zero-order valence-electron chi connectivity index (χ0n) is 23.8. The van der Waals surface area contributed by atoms with Crippen LogP contribution in [0, 0.1) is 23.7 Å². The van der Waals surface area contributed by atoms with Crippen LogP contribution in [-0.2, 0) is 22.2 Å². The molecule has 1 saturated carbocycles. The van der Waals surface area contributed by atoms with Crippen LogP contribution in [0.2, 0.25) is 0 Å². The molecule has 1 aliphatic heterocycles. The monoisotopic (exact) mass is 620 g/mol. The normalized spacial score (nSPS) is 23.2. The summed E-state index contributed by atoms with van der Waals surface area (Å²) in [5, 5.41) is 13.0. The van der Waals surface area contributed by atoms with E-state index >= 15 is 0 Å². The molecule has 1 fully saturated rings. The third-order valence-corrected chi connectivity index (χ3v) is 8.42. The van der Waals surface area contributed by atoms with Crippen LogP contribution in [0.5, 0.6) is 17.2 Å². The molecule has 0 spiro atoms. The fourth-order valence-electron chi connectivity index (χ4n) is 5.71. The second-order valence-electron chi connectivity index (χ2n) is 11.0. The van der Waals surface area contributed by atoms with Crippen LogP contribution in [0.15, 0.2) is 53.6 Å². The van der Waals surface area contributed by atoms with E-state index < -0.39 is 41.5 Å². The van der Waals surface area contributed by atoms with Crippen LogP contribution >= 0.6 is 11.6 Å². The number of carboxylic acids is 1. The molecule has 1 amide bonds. The molecule has 43 heavy (non-hydrogen) atoms. The number of ether oxygens (including phenoxy) is 3. The summed E-state index contributed by atoms with van der Waals surface area (Å²) in [6.07, 6.45) is 1.60. The lowest BCUT2D eigenvalue weighted by Gasteiger charge is -2.34. The molecule has 0 bridgehead atoms. The smallest absolute Gasteiger partial charge is 0.420 e. The Morgan fingerprint density at radius 1 is 1.14 bits per heavy atom. The number of alkyl halides is 3. The van der Waals surface area contributed by atoms with Gasteiger partial charge in [-0.2, -0.15) is 13.2 Å². The summed E-state index contributed by atoms with van der Waals surface area (Å²) in [5.74, 6) is -1.75. The number of benzene rings is 2. The molecule has 8 nitrogen and oxygen atoms in total. The molecule has 1 heterocycles. The summed E-state index contributed by atoms with van der Waals surface area (Å²) >= 11 is 6.23. The molecule has 2 aromatic carbocycles. The first kappa shape index (κ1) is 30.6. The number of hydrogen-bond donors (Lipinski definition) is 2. The summed E-state index contributed by atoms with van der Waals surface area (Å²) in [7, 11) is 2.67. The SMILES string of the molecule is COc1cc(NC(C(=O)N2CCc3cc(OC)c(C(F)(F)F)cc32)C2C=CC(Cl)=CC2C)cc(OCC2CC2C(=O)O)c1. The van der Waals surface area contributed by atoms with Gasteiger partial charge < -0.3 is 29.5 Å². The predicted molar refractivity (Wildman–Crippen MR) is 155 cm³/mol. The summed E-state index contributed by atoms with van der Waals surface area (Å²) in [6, 6.07) is 6.47. The maximum Gasteiger partial charge on any atom is 0.420 e. The second-order valence-corrected chi connectivity index (χ2v) is 11.5. The van der Waals surface area contributed by atoms with Gasteiger partial charge in [-0.3, -0.25) is 9.59 Å². The van der Waals surface area contributed by atoms with Gasteiger partial charge in [0.25, 0.3) is 0 Å². The zero-order chi connectivity index (χ0) is 31.1. The second kappa shape index (κ2) is 12.0. The molecule has 12 heteroatoms. The Morgan fingerprint density at radius 3 is 2.51 bits per heavy atom. The molecule has 0 aromatic heterocycles. The van der Waals surface area contributed by atoms with Crippen molar-refractivity contribution in [2.45, 2.75) is 32.0 Å². The molecule has 230 valence electrons. The topological polar surface area (TPSA) is 97.3 Å². The lowest BCUT2D eigenvalue weighted by atomic mass is 9.83. The van der Waals surface area contributed by atoms with E-state index in [2.05, 4.69) is 5.32 Å². The number of methoxy groups -OCH3 is 2. The minimum atomic E-state index is -4.67. The molecule has 0 saturated heterocycles. The lowest BCUT2D eigenvalue weighted by molar-refractivity contribution is -0.139. The number of aliphatic carboxylic acids is 1. The Bertz CT molecular complexity index is 1480. The number of fused-ring (bicyclic) bond motifs is 1. The molecule has 2 aromatic rings. The summed E-state index contributed by atoms with van der Waals surface area (Å²) < 4.78 is 57.9. The number of carbonyl (C=O) groups excluding carboxylic acids is 1. The number of halogens is 4. The lowest BCUT2D eigenvalue weighted by Crippen LogP contribution is -2.48. The molecule has 0 radical (unpaired) electrons. The van der Waals surface area contributed by atoms with Gasteiger partial charge in [0.05, 0.1) is 32.3 Å². The fraction of sp³-hybridized carbons (Fsp3) is 0.419. The highest BCUT2D eigenvalue weighted by molar-refractivity contribution is 6.31. The first-order valence-corrected chi connectivity index (χ1v) is 14.2. The molecular weight excluding hydrogens is 589 g/mol. The van der Waals surface area contributed by atoms with Crippen molar-refractivity contribution >= 4 is 34.9 Å². The Kier molecular flexibility index (Phi) is 8.56. The van der Waals surface area contributed by atoms with Gasteiger partial charge in [0, 0.05) is 53.0 Å². The molecule has 2 aliphatic carbocycles. The number of rotatable bonds is 10. The average molecular weight is 621 g/mol. The Labute approximate surface area is 252 Å². The van der Waals surface area contributed by atoms with Gasteiger partial charge >= 0.3 is 12.1 Å². The first-order chi connectivity index (χ1) is 20.4. The van der Waals surface area contributed by atoms with Crippen molar-refractivity contribution in [2.75, 3.05) is 37.6 Å². The summed E-state index contributed by atoms with van der Waals surface area (Å²) in [4.78, 5) is 26.9. The van der Waals surface area contributed by atoms with Gasteiger partial charge in [0.2, 0.25) is 5.91 Å². The van der Waals surface area contributed by atoms with Crippen molar-refractivity contribution in [3.63, 3.8) is 0 Å². The van der Waals surface area contributed by atoms with Crippen LogP contribution in [0.3, 0.4) is 0 Å². The number of nitrogens with one attached hydrogen (secondary N) is 1. The minimum Gasteiger partial charge on any atom is -0.497 e. The van der Waals surface area contributed by atoms with Crippen LogP contribution in [-0.4, -0.2) is 50.4 Å². The molecule has 5 atom stereocenters. The van der Waals surface area contributed by atoms with Crippen molar-refractivity contribution in [2.24, 2.45) is 23.7 Å². The maximum atomic E-state index is 14.3. The van der Waals surface area contributed by atoms with Crippen molar-refractivity contribution in [3.8, 4) is 17.2 Å². The van der Waals surface area contributed by atoms with E-state index in [0.717, 1.165) is 6.07 Å². The van der Waals surface area contributed by atoms with E-state index in [1.165, 1.54) is 25.2 Å².